The summed E-state index contributed by atoms with van der Waals surface area (Å²) >= 11 is 0. The number of carbonyl (C=O) groups is 4. The lowest BCUT2D eigenvalue weighted by atomic mass is 10.1. The monoisotopic (exact) mass is 334 g/mol. The molecule has 0 aliphatic heterocycles. The molecule has 0 aliphatic rings. The van der Waals surface area contributed by atoms with E-state index in [1.54, 1.807) is 30.3 Å². The zero-order chi connectivity index (χ0) is 18.1. The molecule has 1 aromatic carbocycles. The van der Waals surface area contributed by atoms with E-state index in [9.17, 15) is 19.2 Å². The second kappa shape index (κ2) is 9.09. The summed E-state index contributed by atoms with van der Waals surface area (Å²) < 4.78 is 0. The maximum Gasteiger partial charge on any atom is 0.326 e. The average Bonchev–Trinajstić information content (AvgIpc) is 2.50. The summed E-state index contributed by atoms with van der Waals surface area (Å²) in [5.41, 5.74) is 0.504. The minimum Gasteiger partial charge on any atom is -0.481 e. The highest BCUT2D eigenvalue weighted by Crippen LogP contribution is 2.06. The van der Waals surface area contributed by atoms with Crippen LogP contribution in [0.15, 0.2) is 36.0 Å². The molecule has 1 rings (SSSR count). The van der Waals surface area contributed by atoms with Gasteiger partial charge in [-0.25, -0.2) is 4.79 Å². The molecule has 8 nitrogen and oxygen atoms in total. The van der Waals surface area contributed by atoms with Crippen LogP contribution in [0.5, 0.6) is 0 Å². The summed E-state index contributed by atoms with van der Waals surface area (Å²) in [4.78, 5) is 45.2. The van der Waals surface area contributed by atoms with Crippen LogP contribution in [0.4, 0.5) is 0 Å². The molecule has 0 unspecified atom stereocenters. The van der Waals surface area contributed by atoms with E-state index >= 15 is 0 Å². The normalized spacial score (nSPS) is 12.1. The van der Waals surface area contributed by atoms with Gasteiger partial charge in [0.2, 0.25) is 5.91 Å². The van der Waals surface area contributed by atoms with Gasteiger partial charge in [-0.2, -0.15) is 0 Å². The molecule has 0 fully saturated rings. The van der Waals surface area contributed by atoms with Crippen molar-refractivity contribution in [1.82, 2.24) is 10.6 Å². The number of carboxylic acids is 2. The lowest BCUT2D eigenvalue weighted by molar-refractivity contribution is -0.142. The Morgan fingerprint density at radius 3 is 2.25 bits per heavy atom. The van der Waals surface area contributed by atoms with Crippen LogP contribution in [-0.2, 0) is 19.2 Å². The molecule has 4 N–H and O–H groups in total. The van der Waals surface area contributed by atoms with Crippen molar-refractivity contribution in [2.75, 3.05) is 0 Å². The van der Waals surface area contributed by atoms with Crippen molar-refractivity contribution in [3.8, 4) is 0 Å². The first kappa shape index (κ1) is 18.9. The van der Waals surface area contributed by atoms with Gasteiger partial charge in [0.05, 0.1) is 0 Å². The molecule has 1 atom stereocenters. The molecule has 0 aliphatic carbocycles. The van der Waals surface area contributed by atoms with Crippen molar-refractivity contribution >= 4 is 29.8 Å². The Kier molecular flexibility index (Phi) is 7.15. The van der Waals surface area contributed by atoms with Crippen LogP contribution < -0.4 is 10.6 Å². The summed E-state index contributed by atoms with van der Waals surface area (Å²) in [5, 5.41) is 22.3. The van der Waals surface area contributed by atoms with Crippen LogP contribution in [0.2, 0.25) is 0 Å². The predicted molar refractivity (Wildman–Crippen MR) is 84.7 cm³/mol. The van der Waals surface area contributed by atoms with Crippen molar-refractivity contribution in [2.24, 2.45) is 0 Å². The number of benzene rings is 1. The van der Waals surface area contributed by atoms with Gasteiger partial charge in [-0.3, -0.25) is 14.4 Å². The maximum absolute atomic E-state index is 12.2. The third-order valence-electron chi connectivity index (χ3n) is 2.92. The van der Waals surface area contributed by atoms with E-state index in [4.69, 9.17) is 10.2 Å². The van der Waals surface area contributed by atoms with Crippen LogP contribution in [0.3, 0.4) is 0 Å². The van der Waals surface area contributed by atoms with Crippen LogP contribution in [-0.4, -0.2) is 40.0 Å². The number of nitrogens with one attached hydrogen (secondary N) is 2. The van der Waals surface area contributed by atoms with Gasteiger partial charge in [0.1, 0.15) is 11.7 Å². The molecule has 0 radical (unpaired) electrons. The molecule has 2 amide bonds. The standard InChI is InChI=1S/C16H18N2O6/c1-10(19)17-13(9-11-5-3-2-4-6-11)15(22)18-12(16(23)24)7-8-14(20)21/h2-6,9,12H,7-8H2,1H3,(H,17,19)(H,18,22)(H,20,21)(H,23,24)/t12-/m0/s1. The van der Waals surface area contributed by atoms with E-state index in [0.717, 1.165) is 0 Å². The van der Waals surface area contributed by atoms with Crippen molar-refractivity contribution in [3.63, 3.8) is 0 Å². The summed E-state index contributed by atoms with van der Waals surface area (Å²) in [5.74, 6) is -3.83. The Balaban J connectivity index is 2.94. The molecular weight excluding hydrogens is 316 g/mol. The fraction of sp³-hybridized carbons (Fsp3) is 0.250. The number of hydrogen-bond acceptors (Lipinski definition) is 4. The van der Waals surface area contributed by atoms with E-state index < -0.39 is 36.2 Å². The molecule has 128 valence electrons. The van der Waals surface area contributed by atoms with Gasteiger partial charge in [-0.05, 0) is 18.1 Å². The van der Waals surface area contributed by atoms with Crippen molar-refractivity contribution in [2.45, 2.75) is 25.8 Å². The van der Waals surface area contributed by atoms with Gasteiger partial charge in [0.25, 0.3) is 5.91 Å². The van der Waals surface area contributed by atoms with E-state index in [-0.39, 0.29) is 12.1 Å². The van der Waals surface area contributed by atoms with Crippen LogP contribution in [0.1, 0.15) is 25.3 Å². The molecular formula is C16H18N2O6. The highest BCUT2D eigenvalue weighted by Gasteiger charge is 2.23. The maximum atomic E-state index is 12.2. The molecule has 24 heavy (non-hydrogen) atoms. The zero-order valence-corrected chi connectivity index (χ0v) is 13.0. The lowest BCUT2D eigenvalue weighted by Crippen LogP contribution is -2.44. The van der Waals surface area contributed by atoms with Gasteiger partial charge in [-0.1, -0.05) is 30.3 Å². The molecule has 0 bridgehead atoms. The van der Waals surface area contributed by atoms with Gasteiger partial charge < -0.3 is 20.8 Å². The van der Waals surface area contributed by atoms with Crippen LogP contribution in [0.25, 0.3) is 6.08 Å². The molecule has 1 aromatic rings. The highest BCUT2D eigenvalue weighted by molar-refractivity contribution is 6.02. The Morgan fingerprint density at radius 2 is 1.75 bits per heavy atom. The number of rotatable bonds is 8. The molecule has 8 heteroatoms. The van der Waals surface area contributed by atoms with E-state index in [2.05, 4.69) is 10.6 Å². The first-order valence-electron chi connectivity index (χ1n) is 7.09. The number of amides is 2. The first-order chi connectivity index (χ1) is 11.3. The number of aliphatic carboxylic acids is 2. The third-order valence-corrected chi connectivity index (χ3v) is 2.92. The van der Waals surface area contributed by atoms with E-state index in [1.165, 1.54) is 13.0 Å². The fourth-order valence-corrected chi connectivity index (χ4v) is 1.83. The van der Waals surface area contributed by atoms with Gasteiger partial charge in [-0.15, -0.1) is 0 Å². The summed E-state index contributed by atoms with van der Waals surface area (Å²) in [6.45, 7) is 1.21. The molecule has 0 heterocycles. The van der Waals surface area contributed by atoms with Crippen molar-refractivity contribution < 1.29 is 29.4 Å². The summed E-state index contributed by atoms with van der Waals surface area (Å²) in [6, 6.07) is 7.29. The Hall–Kier alpha value is -3.16. The lowest BCUT2D eigenvalue weighted by Gasteiger charge is -2.15. The number of carboxylic acid groups (broad SMARTS) is 2. The fourth-order valence-electron chi connectivity index (χ4n) is 1.83. The molecule has 0 spiro atoms. The second-order valence-corrected chi connectivity index (χ2v) is 4.95. The Bertz CT molecular complexity index is 654. The second-order valence-electron chi connectivity index (χ2n) is 4.95. The van der Waals surface area contributed by atoms with E-state index in [1.807, 2.05) is 0 Å². The molecule has 0 saturated carbocycles. The van der Waals surface area contributed by atoms with Gasteiger partial charge >= 0.3 is 11.9 Å². The quantitative estimate of drug-likeness (QED) is 0.515. The van der Waals surface area contributed by atoms with E-state index in [0.29, 0.717) is 5.56 Å². The summed E-state index contributed by atoms with van der Waals surface area (Å²) in [7, 11) is 0. The van der Waals surface area contributed by atoms with Crippen molar-refractivity contribution in [3.05, 3.63) is 41.6 Å². The minimum atomic E-state index is -1.37. The van der Waals surface area contributed by atoms with Gasteiger partial charge in [0, 0.05) is 13.3 Å². The summed E-state index contributed by atoms with van der Waals surface area (Å²) in [6.07, 6.45) is 0.719. The zero-order valence-electron chi connectivity index (χ0n) is 13.0. The Morgan fingerprint density at radius 1 is 1.12 bits per heavy atom. The number of hydrogen-bond donors (Lipinski definition) is 4. The Labute approximate surface area is 138 Å². The smallest absolute Gasteiger partial charge is 0.326 e. The minimum absolute atomic E-state index is 0.129. The largest absolute Gasteiger partial charge is 0.481 e. The average molecular weight is 334 g/mol. The SMILES string of the molecule is CC(=O)NC(=Cc1ccccc1)C(=O)N[C@@H](CCC(=O)O)C(=O)O. The molecule has 0 saturated heterocycles. The first-order valence-corrected chi connectivity index (χ1v) is 7.09. The topological polar surface area (TPSA) is 133 Å². The van der Waals surface area contributed by atoms with Crippen LogP contribution in [0, 0.1) is 0 Å². The molecule has 0 aromatic heterocycles. The van der Waals surface area contributed by atoms with Crippen LogP contribution >= 0.6 is 0 Å². The number of carbonyl (C=O) groups excluding carboxylic acids is 2. The predicted octanol–water partition coefficient (Wildman–Crippen LogP) is 0.598. The highest BCUT2D eigenvalue weighted by atomic mass is 16.4. The van der Waals surface area contributed by atoms with Crippen molar-refractivity contribution in [1.29, 1.82) is 0 Å². The van der Waals surface area contributed by atoms with Gasteiger partial charge in [0.15, 0.2) is 0 Å². The third kappa shape index (κ3) is 6.73.